The van der Waals surface area contributed by atoms with Crippen LogP contribution >= 0.6 is 0 Å². The van der Waals surface area contributed by atoms with E-state index < -0.39 is 0 Å². The zero-order chi connectivity index (χ0) is 20.0. The number of hydrogen-bond acceptors (Lipinski definition) is 3. The van der Waals surface area contributed by atoms with E-state index in [-0.39, 0.29) is 5.56 Å². The molecule has 5 nitrogen and oxygen atoms in total. The van der Waals surface area contributed by atoms with Crippen molar-refractivity contribution in [2.75, 3.05) is 18.0 Å². The molecule has 0 saturated carbocycles. The summed E-state index contributed by atoms with van der Waals surface area (Å²) in [6, 6.07) is 18.2. The third-order valence-corrected chi connectivity index (χ3v) is 5.96. The molecular formula is C24H24N4O. The maximum atomic E-state index is 13.3. The molecule has 4 aromatic rings. The monoisotopic (exact) mass is 384 g/mol. The Morgan fingerprint density at radius 2 is 1.52 bits per heavy atom. The van der Waals surface area contributed by atoms with Crippen molar-refractivity contribution >= 4 is 16.5 Å². The lowest BCUT2D eigenvalue weighted by molar-refractivity contribution is 0.821. The van der Waals surface area contributed by atoms with Crippen molar-refractivity contribution in [3.8, 4) is 11.4 Å². The summed E-state index contributed by atoms with van der Waals surface area (Å²) in [5, 5.41) is 6.09. The number of aryl methyl sites for hydroxylation is 2. The standard InChI is InChI=1S/C24H24N4O/c1-17-22-16-25-28(19-9-4-3-5-10-19)24(29)23(22)18(2)27(17)21-12-8-11-20(15-21)26-13-6-7-14-26/h3-5,8-12,15-16H,6-7,13-14H2,1-2H3. The van der Waals surface area contributed by atoms with Gasteiger partial charge in [-0.2, -0.15) is 9.78 Å². The number of para-hydroxylation sites is 1. The van der Waals surface area contributed by atoms with Crippen LogP contribution < -0.4 is 10.5 Å². The number of rotatable bonds is 3. The van der Waals surface area contributed by atoms with Gasteiger partial charge >= 0.3 is 0 Å². The Bertz CT molecular complexity index is 1250. The molecule has 3 heterocycles. The summed E-state index contributed by atoms with van der Waals surface area (Å²) >= 11 is 0. The Balaban J connectivity index is 1.69. The summed E-state index contributed by atoms with van der Waals surface area (Å²) in [6.07, 6.45) is 4.31. The summed E-state index contributed by atoms with van der Waals surface area (Å²) in [5.41, 5.74) is 5.03. The normalized spacial score (nSPS) is 14.1. The zero-order valence-electron chi connectivity index (χ0n) is 16.8. The predicted octanol–water partition coefficient (Wildman–Crippen LogP) is 4.39. The van der Waals surface area contributed by atoms with Crippen molar-refractivity contribution in [1.82, 2.24) is 14.3 Å². The highest BCUT2D eigenvalue weighted by Gasteiger charge is 2.19. The fourth-order valence-corrected chi connectivity index (χ4v) is 4.51. The van der Waals surface area contributed by atoms with Gasteiger partial charge in [0.05, 0.1) is 17.3 Å². The van der Waals surface area contributed by atoms with Crippen LogP contribution in [-0.4, -0.2) is 27.4 Å². The maximum Gasteiger partial charge on any atom is 0.281 e. The molecule has 1 aliphatic heterocycles. The van der Waals surface area contributed by atoms with Crippen LogP contribution in [0, 0.1) is 13.8 Å². The summed E-state index contributed by atoms with van der Waals surface area (Å²) in [7, 11) is 0. The lowest BCUT2D eigenvalue weighted by Crippen LogP contribution is -2.21. The van der Waals surface area contributed by atoms with Gasteiger partial charge in [0, 0.05) is 41.2 Å². The van der Waals surface area contributed by atoms with Crippen LogP contribution in [-0.2, 0) is 0 Å². The highest BCUT2D eigenvalue weighted by Crippen LogP contribution is 2.29. The van der Waals surface area contributed by atoms with Crippen molar-refractivity contribution < 1.29 is 0 Å². The molecule has 0 N–H and O–H groups in total. The number of benzene rings is 2. The first-order valence-corrected chi connectivity index (χ1v) is 10.2. The van der Waals surface area contributed by atoms with Gasteiger partial charge in [0.15, 0.2) is 0 Å². The van der Waals surface area contributed by atoms with E-state index in [0.717, 1.165) is 46.6 Å². The molecule has 5 heteroatoms. The molecule has 29 heavy (non-hydrogen) atoms. The third-order valence-electron chi connectivity index (χ3n) is 5.96. The molecule has 0 aliphatic carbocycles. The van der Waals surface area contributed by atoms with Gasteiger partial charge in [-0.1, -0.05) is 24.3 Å². The molecule has 0 unspecified atom stereocenters. The lowest BCUT2D eigenvalue weighted by Gasteiger charge is -2.19. The zero-order valence-corrected chi connectivity index (χ0v) is 16.8. The molecule has 0 amide bonds. The Morgan fingerprint density at radius 1 is 0.828 bits per heavy atom. The Kier molecular flexibility index (Phi) is 4.23. The second-order valence-electron chi connectivity index (χ2n) is 7.71. The van der Waals surface area contributed by atoms with E-state index in [1.165, 1.54) is 23.2 Å². The van der Waals surface area contributed by atoms with Gasteiger partial charge in [-0.3, -0.25) is 4.79 Å². The predicted molar refractivity (Wildman–Crippen MR) is 118 cm³/mol. The van der Waals surface area contributed by atoms with Gasteiger partial charge in [-0.25, -0.2) is 0 Å². The number of anilines is 1. The van der Waals surface area contributed by atoms with E-state index >= 15 is 0 Å². The molecule has 0 radical (unpaired) electrons. The fourth-order valence-electron chi connectivity index (χ4n) is 4.51. The first kappa shape index (κ1) is 17.7. The first-order chi connectivity index (χ1) is 14.1. The summed E-state index contributed by atoms with van der Waals surface area (Å²) in [6.45, 7) is 6.31. The van der Waals surface area contributed by atoms with Crippen molar-refractivity contribution in [3.63, 3.8) is 0 Å². The van der Waals surface area contributed by atoms with Crippen LogP contribution in [0.25, 0.3) is 22.1 Å². The van der Waals surface area contributed by atoms with Gasteiger partial charge in [0.2, 0.25) is 0 Å². The minimum absolute atomic E-state index is 0.0799. The van der Waals surface area contributed by atoms with E-state index in [2.05, 4.69) is 45.8 Å². The average Bonchev–Trinajstić information content (AvgIpc) is 3.37. The second-order valence-corrected chi connectivity index (χ2v) is 7.71. The molecule has 5 rings (SSSR count). The minimum atomic E-state index is -0.0799. The first-order valence-electron chi connectivity index (χ1n) is 10.2. The van der Waals surface area contributed by atoms with Crippen LogP contribution in [0.4, 0.5) is 5.69 Å². The second kappa shape index (κ2) is 6.92. The molecule has 0 spiro atoms. The molecule has 1 saturated heterocycles. The molecule has 2 aromatic carbocycles. The quantitative estimate of drug-likeness (QED) is 0.526. The molecule has 2 aromatic heterocycles. The Hall–Kier alpha value is -3.34. The molecule has 146 valence electrons. The number of nitrogens with zero attached hydrogens (tertiary/aromatic N) is 4. The SMILES string of the molecule is Cc1c2cnn(-c3ccccc3)c(=O)c2c(C)n1-c1cccc(N2CCCC2)c1. The highest BCUT2D eigenvalue weighted by molar-refractivity contribution is 5.88. The van der Waals surface area contributed by atoms with Gasteiger partial charge < -0.3 is 9.47 Å². The van der Waals surface area contributed by atoms with Crippen LogP contribution in [0.2, 0.25) is 0 Å². The van der Waals surface area contributed by atoms with E-state index in [1.54, 1.807) is 0 Å². The van der Waals surface area contributed by atoms with E-state index in [9.17, 15) is 4.79 Å². The van der Waals surface area contributed by atoms with Crippen molar-refractivity contribution in [2.24, 2.45) is 0 Å². The van der Waals surface area contributed by atoms with E-state index in [4.69, 9.17) is 0 Å². The molecule has 0 bridgehead atoms. The van der Waals surface area contributed by atoms with E-state index in [1.807, 2.05) is 43.5 Å². The smallest absolute Gasteiger partial charge is 0.281 e. The summed E-state index contributed by atoms with van der Waals surface area (Å²) in [5.74, 6) is 0. The summed E-state index contributed by atoms with van der Waals surface area (Å²) < 4.78 is 3.67. The van der Waals surface area contributed by atoms with Crippen molar-refractivity contribution in [1.29, 1.82) is 0 Å². The largest absolute Gasteiger partial charge is 0.371 e. The minimum Gasteiger partial charge on any atom is -0.371 e. The van der Waals surface area contributed by atoms with Gasteiger partial charge in [0.25, 0.3) is 5.56 Å². The third kappa shape index (κ3) is 2.85. The van der Waals surface area contributed by atoms with Gasteiger partial charge in [-0.15, -0.1) is 0 Å². The number of aromatic nitrogens is 3. The van der Waals surface area contributed by atoms with Gasteiger partial charge in [0.1, 0.15) is 0 Å². The fraction of sp³-hybridized carbons (Fsp3) is 0.250. The number of hydrogen-bond donors (Lipinski definition) is 0. The summed E-state index contributed by atoms with van der Waals surface area (Å²) in [4.78, 5) is 15.7. The average molecular weight is 384 g/mol. The molecule has 1 fully saturated rings. The molecule has 0 atom stereocenters. The number of fused-ring (bicyclic) bond motifs is 1. The lowest BCUT2D eigenvalue weighted by atomic mass is 10.2. The maximum absolute atomic E-state index is 13.3. The van der Waals surface area contributed by atoms with Crippen LogP contribution in [0.5, 0.6) is 0 Å². The van der Waals surface area contributed by atoms with Crippen LogP contribution in [0.1, 0.15) is 24.2 Å². The Morgan fingerprint density at radius 3 is 2.28 bits per heavy atom. The molecule has 1 aliphatic rings. The van der Waals surface area contributed by atoms with Crippen molar-refractivity contribution in [2.45, 2.75) is 26.7 Å². The Labute approximate surface area is 169 Å². The topological polar surface area (TPSA) is 43.1 Å². The van der Waals surface area contributed by atoms with Gasteiger partial charge in [-0.05, 0) is 57.0 Å². The van der Waals surface area contributed by atoms with Crippen LogP contribution in [0.15, 0.2) is 65.6 Å². The van der Waals surface area contributed by atoms with E-state index in [0.29, 0.717) is 0 Å². The van der Waals surface area contributed by atoms with Crippen LogP contribution in [0.3, 0.4) is 0 Å². The highest BCUT2D eigenvalue weighted by atomic mass is 16.1. The molecular weight excluding hydrogens is 360 g/mol. The van der Waals surface area contributed by atoms with Crippen molar-refractivity contribution in [3.05, 3.63) is 82.5 Å².